The number of thioether (sulfide) groups is 1. The number of ether oxygens (including phenoxy) is 2. The highest BCUT2D eigenvalue weighted by Gasteiger charge is 2.51. The van der Waals surface area contributed by atoms with Crippen LogP contribution in [0.15, 0.2) is 18.2 Å². The monoisotopic (exact) mass is 348 g/mol. The van der Waals surface area contributed by atoms with Crippen molar-refractivity contribution in [2.45, 2.75) is 37.2 Å². The molecule has 4 rings (SSSR count). The fourth-order valence-electron chi connectivity index (χ4n) is 3.81. The number of likely N-dealkylation sites (tertiary alicyclic amines) is 1. The Bertz CT molecular complexity index is 612. The molecular formula is C18H24N2O3S. The summed E-state index contributed by atoms with van der Waals surface area (Å²) in [5.74, 6) is 1.39. The molecule has 2 atom stereocenters. The molecule has 1 spiro atoms. The first-order valence-corrected chi connectivity index (χ1v) is 9.67. The van der Waals surface area contributed by atoms with Gasteiger partial charge in [0.15, 0.2) is 0 Å². The first-order chi connectivity index (χ1) is 11.6. The number of aryl methyl sites for hydroxylation is 1. The largest absolute Gasteiger partial charge is 0.381 e. The summed E-state index contributed by atoms with van der Waals surface area (Å²) in [6.45, 7) is 5.65. The first-order valence-electron chi connectivity index (χ1n) is 8.68. The zero-order valence-electron chi connectivity index (χ0n) is 14.1. The number of hydrogen-bond acceptors (Lipinski definition) is 5. The second-order valence-electron chi connectivity index (χ2n) is 7.16. The lowest BCUT2D eigenvalue weighted by Crippen LogP contribution is -2.62. The molecule has 0 saturated carbocycles. The predicted molar refractivity (Wildman–Crippen MR) is 92.9 cm³/mol. The Hall–Kier alpha value is -1.11. The molecule has 5 nitrogen and oxygen atoms in total. The smallest absolute Gasteiger partial charge is 0.228 e. The van der Waals surface area contributed by atoms with Crippen LogP contribution in [-0.4, -0.2) is 58.7 Å². The van der Waals surface area contributed by atoms with Gasteiger partial charge in [-0.25, -0.2) is 0 Å². The Morgan fingerprint density at radius 3 is 3.12 bits per heavy atom. The standard InChI is InChI=1S/C18H24N2O3S/c1-13-3-2-4-15(19-13)9-23-16-7-18(24-10-16)11-20(12-18)17(21)14-5-6-22-8-14/h2-4,14,16H,5-12H2,1H3/t14-,16+/m1/s1. The van der Waals surface area contributed by atoms with Crippen LogP contribution in [0.3, 0.4) is 0 Å². The molecule has 3 saturated heterocycles. The van der Waals surface area contributed by atoms with Crippen LogP contribution >= 0.6 is 11.8 Å². The number of nitrogens with zero attached hydrogens (tertiary/aromatic N) is 2. The van der Waals surface area contributed by atoms with E-state index in [1.54, 1.807) is 0 Å². The van der Waals surface area contributed by atoms with E-state index in [2.05, 4.69) is 4.98 Å². The molecule has 130 valence electrons. The minimum absolute atomic E-state index is 0.0909. The van der Waals surface area contributed by atoms with Gasteiger partial charge in [-0.05, 0) is 31.9 Å². The number of amides is 1. The van der Waals surface area contributed by atoms with Gasteiger partial charge in [0, 0.05) is 31.1 Å². The van der Waals surface area contributed by atoms with Crippen molar-refractivity contribution in [2.75, 3.05) is 32.1 Å². The topological polar surface area (TPSA) is 51.7 Å². The average Bonchev–Trinajstić information content (AvgIpc) is 3.21. The first kappa shape index (κ1) is 16.4. The molecule has 0 aromatic carbocycles. The highest BCUT2D eigenvalue weighted by Crippen LogP contribution is 2.46. The normalized spacial score (nSPS) is 28.3. The lowest BCUT2D eigenvalue weighted by Gasteiger charge is -2.48. The summed E-state index contributed by atoms with van der Waals surface area (Å²) in [6.07, 6.45) is 2.18. The van der Waals surface area contributed by atoms with E-state index in [1.807, 2.05) is 41.8 Å². The van der Waals surface area contributed by atoms with Crippen LogP contribution in [0.5, 0.6) is 0 Å². The van der Waals surface area contributed by atoms with Crippen LogP contribution in [0.2, 0.25) is 0 Å². The van der Waals surface area contributed by atoms with Gasteiger partial charge < -0.3 is 14.4 Å². The van der Waals surface area contributed by atoms with Gasteiger partial charge in [-0.2, -0.15) is 0 Å². The fraction of sp³-hybridized carbons (Fsp3) is 0.667. The van der Waals surface area contributed by atoms with E-state index in [1.165, 1.54) is 0 Å². The summed E-state index contributed by atoms with van der Waals surface area (Å²) in [6, 6.07) is 6.03. The van der Waals surface area contributed by atoms with Gasteiger partial charge in [0.2, 0.25) is 5.91 Å². The Morgan fingerprint density at radius 2 is 2.38 bits per heavy atom. The van der Waals surface area contributed by atoms with E-state index < -0.39 is 0 Å². The van der Waals surface area contributed by atoms with Crippen LogP contribution in [0.1, 0.15) is 24.2 Å². The van der Waals surface area contributed by atoms with Crippen LogP contribution in [0.4, 0.5) is 0 Å². The maximum absolute atomic E-state index is 12.4. The van der Waals surface area contributed by atoms with Crippen molar-refractivity contribution < 1.29 is 14.3 Å². The van der Waals surface area contributed by atoms with Crippen molar-refractivity contribution in [3.05, 3.63) is 29.6 Å². The molecule has 3 aliphatic rings. The molecule has 0 N–H and O–H groups in total. The third-order valence-corrected chi connectivity index (χ3v) is 6.71. The van der Waals surface area contributed by atoms with Crippen LogP contribution in [0.25, 0.3) is 0 Å². The van der Waals surface area contributed by atoms with E-state index in [-0.39, 0.29) is 22.7 Å². The molecule has 4 heterocycles. The van der Waals surface area contributed by atoms with E-state index in [4.69, 9.17) is 9.47 Å². The highest BCUT2D eigenvalue weighted by molar-refractivity contribution is 8.01. The second-order valence-corrected chi connectivity index (χ2v) is 8.64. The fourth-order valence-corrected chi connectivity index (χ4v) is 5.36. The molecule has 3 aliphatic heterocycles. The number of hydrogen-bond donors (Lipinski definition) is 0. The summed E-state index contributed by atoms with van der Waals surface area (Å²) in [5, 5.41) is 0. The molecule has 1 amide bonds. The predicted octanol–water partition coefficient (Wildman–Crippen LogP) is 2.03. The van der Waals surface area contributed by atoms with Gasteiger partial charge in [-0.15, -0.1) is 11.8 Å². The molecule has 6 heteroatoms. The van der Waals surface area contributed by atoms with Gasteiger partial charge in [-0.3, -0.25) is 9.78 Å². The van der Waals surface area contributed by atoms with Crippen LogP contribution in [0, 0.1) is 12.8 Å². The van der Waals surface area contributed by atoms with Gasteiger partial charge in [0.25, 0.3) is 0 Å². The lowest BCUT2D eigenvalue weighted by molar-refractivity contribution is -0.141. The Labute approximate surface area is 147 Å². The van der Waals surface area contributed by atoms with Gasteiger partial charge in [0.05, 0.1) is 35.7 Å². The van der Waals surface area contributed by atoms with Crippen molar-refractivity contribution in [3.8, 4) is 0 Å². The number of carbonyl (C=O) groups is 1. The summed E-state index contributed by atoms with van der Waals surface area (Å²) in [4.78, 5) is 18.9. The number of aromatic nitrogens is 1. The maximum atomic E-state index is 12.4. The zero-order chi connectivity index (χ0) is 16.6. The summed E-state index contributed by atoms with van der Waals surface area (Å²) >= 11 is 1.97. The number of carbonyl (C=O) groups excluding carboxylic acids is 1. The van der Waals surface area contributed by atoms with E-state index in [0.29, 0.717) is 13.2 Å². The SMILES string of the molecule is Cc1cccc(CO[C@@H]2CSC3(C2)CN(C(=O)[C@@H]2CCOC2)C3)n1. The van der Waals surface area contributed by atoms with E-state index >= 15 is 0 Å². The Balaban J connectivity index is 1.24. The minimum Gasteiger partial charge on any atom is -0.381 e. The average molecular weight is 348 g/mol. The van der Waals surface area contributed by atoms with Crippen molar-refractivity contribution in [1.29, 1.82) is 0 Å². The third kappa shape index (κ3) is 3.32. The van der Waals surface area contributed by atoms with Crippen molar-refractivity contribution in [2.24, 2.45) is 5.92 Å². The molecule has 0 radical (unpaired) electrons. The molecule has 24 heavy (non-hydrogen) atoms. The second kappa shape index (κ2) is 6.65. The molecule has 0 aliphatic carbocycles. The van der Waals surface area contributed by atoms with Crippen molar-refractivity contribution >= 4 is 17.7 Å². The van der Waals surface area contributed by atoms with E-state index in [9.17, 15) is 4.79 Å². The summed E-state index contributed by atoms with van der Waals surface area (Å²) in [7, 11) is 0. The summed E-state index contributed by atoms with van der Waals surface area (Å²) < 4.78 is 11.6. The van der Waals surface area contributed by atoms with E-state index in [0.717, 1.165) is 49.7 Å². The maximum Gasteiger partial charge on any atom is 0.228 e. The Morgan fingerprint density at radius 1 is 1.50 bits per heavy atom. The lowest BCUT2D eigenvalue weighted by atomic mass is 9.91. The zero-order valence-corrected chi connectivity index (χ0v) is 14.9. The molecule has 0 unspecified atom stereocenters. The van der Waals surface area contributed by atoms with Crippen molar-refractivity contribution in [3.63, 3.8) is 0 Å². The highest BCUT2D eigenvalue weighted by atomic mass is 32.2. The van der Waals surface area contributed by atoms with Crippen LogP contribution < -0.4 is 0 Å². The number of rotatable bonds is 4. The van der Waals surface area contributed by atoms with Crippen molar-refractivity contribution in [1.82, 2.24) is 9.88 Å². The van der Waals surface area contributed by atoms with Crippen LogP contribution in [-0.2, 0) is 20.9 Å². The quantitative estimate of drug-likeness (QED) is 0.833. The molecular weight excluding hydrogens is 324 g/mol. The van der Waals surface area contributed by atoms with Gasteiger partial charge in [0.1, 0.15) is 0 Å². The molecule has 1 aromatic heterocycles. The molecule has 3 fully saturated rings. The molecule has 1 aromatic rings. The molecule has 0 bridgehead atoms. The third-order valence-electron chi connectivity index (χ3n) is 5.14. The van der Waals surface area contributed by atoms with Gasteiger partial charge >= 0.3 is 0 Å². The Kier molecular flexibility index (Phi) is 4.54. The number of pyridine rings is 1. The summed E-state index contributed by atoms with van der Waals surface area (Å²) in [5.41, 5.74) is 2.02. The van der Waals surface area contributed by atoms with Gasteiger partial charge in [-0.1, -0.05) is 6.07 Å². The minimum atomic E-state index is 0.0909.